The zero-order chi connectivity index (χ0) is 18.4. The first-order valence-corrected chi connectivity index (χ1v) is 11.7. The Morgan fingerprint density at radius 2 is 0.800 bits per heavy atom. The van der Waals surface area contributed by atoms with Crippen molar-refractivity contribution in [3.8, 4) is 0 Å². The van der Waals surface area contributed by atoms with Gasteiger partial charge in [-0.05, 0) is 19.9 Å². The molecule has 0 saturated carbocycles. The second-order valence-corrected chi connectivity index (χ2v) is 7.99. The third-order valence-electron chi connectivity index (χ3n) is 5.22. The van der Waals surface area contributed by atoms with Gasteiger partial charge >= 0.3 is 0 Å². The molecule has 0 saturated heterocycles. The Hall–Kier alpha value is -0.0800. The van der Waals surface area contributed by atoms with Crippen LogP contribution in [0.25, 0.3) is 0 Å². The highest BCUT2D eigenvalue weighted by Crippen LogP contribution is 2.14. The molecule has 0 amide bonds. The van der Waals surface area contributed by atoms with Crippen molar-refractivity contribution in [1.29, 1.82) is 0 Å². The fourth-order valence-electron chi connectivity index (χ4n) is 3.51. The number of hydrogen-bond acceptors (Lipinski definition) is 2. The van der Waals surface area contributed by atoms with Crippen LogP contribution in [0.1, 0.15) is 136 Å². The van der Waals surface area contributed by atoms with Crippen molar-refractivity contribution in [1.82, 2.24) is 5.32 Å². The predicted octanol–water partition coefficient (Wildman–Crippen LogP) is 7.35. The van der Waals surface area contributed by atoms with Gasteiger partial charge in [0.1, 0.15) is 6.23 Å². The minimum Gasteiger partial charge on any atom is -0.379 e. The van der Waals surface area contributed by atoms with E-state index in [0.717, 1.165) is 6.54 Å². The summed E-state index contributed by atoms with van der Waals surface area (Å²) in [6.45, 7) is 5.03. The Morgan fingerprint density at radius 3 is 1.08 bits per heavy atom. The number of hydrogen-bond donors (Lipinski definition) is 2. The Kier molecular flexibility index (Phi) is 21.9. The molecule has 0 bridgehead atoms. The van der Waals surface area contributed by atoms with Crippen LogP contribution >= 0.6 is 0 Å². The van der Waals surface area contributed by atoms with Crippen LogP contribution in [0.15, 0.2) is 0 Å². The summed E-state index contributed by atoms with van der Waals surface area (Å²) >= 11 is 0. The van der Waals surface area contributed by atoms with Crippen LogP contribution in [0.5, 0.6) is 0 Å². The second-order valence-electron chi connectivity index (χ2n) is 7.99. The maximum absolute atomic E-state index is 9.09. The summed E-state index contributed by atoms with van der Waals surface area (Å²) in [4.78, 5) is 0. The van der Waals surface area contributed by atoms with Crippen molar-refractivity contribution >= 4 is 0 Å². The highest BCUT2D eigenvalue weighted by molar-refractivity contribution is 4.52. The molecule has 152 valence electrons. The van der Waals surface area contributed by atoms with Crippen LogP contribution in [0.3, 0.4) is 0 Å². The molecule has 2 N–H and O–H groups in total. The molecule has 0 rings (SSSR count). The van der Waals surface area contributed by atoms with E-state index in [2.05, 4.69) is 12.2 Å². The first-order chi connectivity index (χ1) is 12.3. The number of nitrogens with one attached hydrogen (secondary N) is 1. The lowest BCUT2D eigenvalue weighted by Gasteiger charge is -2.06. The zero-order valence-electron chi connectivity index (χ0n) is 17.7. The lowest BCUT2D eigenvalue weighted by atomic mass is 10.0. The Balaban J connectivity index is 2.96. The van der Waals surface area contributed by atoms with Gasteiger partial charge in [-0.25, -0.2) is 0 Å². The van der Waals surface area contributed by atoms with Crippen molar-refractivity contribution in [2.75, 3.05) is 6.54 Å². The standard InChI is InChI=1S/C23H49NO/c1-3-4-5-6-7-8-9-10-11-12-13-14-15-16-17-18-19-20-21-22-24-23(2)25/h23-25H,3-22H2,1-2H3. The highest BCUT2D eigenvalue weighted by atomic mass is 16.3. The van der Waals surface area contributed by atoms with Gasteiger partial charge in [-0.2, -0.15) is 0 Å². The molecule has 1 atom stereocenters. The van der Waals surface area contributed by atoms with Crippen LogP contribution in [0.2, 0.25) is 0 Å². The third-order valence-corrected chi connectivity index (χ3v) is 5.22. The van der Waals surface area contributed by atoms with Gasteiger partial charge in [-0.15, -0.1) is 0 Å². The maximum atomic E-state index is 9.09. The van der Waals surface area contributed by atoms with Crippen molar-refractivity contribution in [2.45, 2.75) is 142 Å². The Bertz CT molecular complexity index is 230. The average molecular weight is 356 g/mol. The minimum absolute atomic E-state index is 0.351. The van der Waals surface area contributed by atoms with Gasteiger partial charge in [0.25, 0.3) is 0 Å². The summed E-state index contributed by atoms with van der Waals surface area (Å²) in [6.07, 6.45) is 26.6. The predicted molar refractivity (Wildman–Crippen MR) is 113 cm³/mol. The van der Waals surface area contributed by atoms with E-state index in [9.17, 15) is 0 Å². The molecule has 0 aliphatic rings. The number of rotatable bonds is 21. The summed E-state index contributed by atoms with van der Waals surface area (Å²) in [6, 6.07) is 0. The van der Waals surface area contributed by atoms with Gasteiger partial charge in [0.15, 0.2) is 0 Å². The largest absolute Gasteiger partial charge is 0.379 e. The van der Waals surface area contributed by atoms with Crippen molar-refractivity contribution in [2.24, 2.45) is 0 Å². The van der Waals surface area contributed by atoms with E-state index >= 15 is 0 Å². The normalized spacial score (nSPS) is 12.6. The van der Waals surface area contributed by atoms with E-state index in [1.165, 1.54) is 122 Å². The molecular formula is C23H49NO. The van der Waals surface area contributed by atoms with Gasteiger partial charge in [0.05, 0.1) is 0 Å². The van der Waals surface area contributed by atoms with Gasteiger partial charge < -0.3 is 5.11 Å². The van der Waals surface area contributed by atoms with E-state index in [0.29, 0.717) is 0 Å². The summed E-state index contributed by atoms with van der Waals surface area (Å²) in [5.74, 6) is 0. The van der Waals surface area contributed by atoms with Crippen LogP contribution in [-0.2, 0) is 0 Å². The molecule has 0 aromatic heterocycles. The average Bonchev–Trinajstić information content (AvgIpc) is 2.60. The molecule has 0 spiro atoms. The zero-order valence-corrected chi connectivity index (χ0v) is 17.7. The van der Waals surface area contributed by atoms with Gasteiger partial charge in [0.2, 0.25) is 0 Å². The molecule has 0 aromatic rings. The molecule has 2 heteroatoms. The van der Waals surface area contributed by atoms with Crippen LogP contribution < -0.4 is 5.32 Å². The Morgan fingerprint density at radius 1 is 0.520 bits per heavy atom. The van der Waals surface area contributed by atoms with E-state index in [-0.39, 0.29) is 6.23 Å². The van der Waals surface area contributed by atoms with Crippen LogP contribution in [0, 0.1) is 0 Å². The fourth-order valence-corrected chi connectivity index (χ4v) is 3.51. The van der Waals surface area contributed by atoms with E-state index in [4.69, 9.17) is 5.11 Å². The minimum atomic E-state index is -0.351. The molecule has 25 heavy (non-hydrogen) atoms. The van der Waals surface area contributed by atoms with E-state index in [1.807, 2.05) is 0 Å². The molecule has 0 fully saturated rings. The van der Waals surface area contributed by atoms with Crippen molar-refractivity contribution in [3.63, 3.8) is 0 Å². The highest BCUT2D eigenvalue weighted by Gasteiger charge is 1.96. The maximum Gasteiger partial charge on any atom is 0.102 e. The van der Waals surface area contributed by atoms with E-state index in [1.54, 1.807) is 6.92 Å². The molecular weight excluding hydrogens is 306 g/mol. The van der Waals surface area contributed by atoms with Gasteiger partial charge in [-0.3, -0.25) is 5.32 Å². The number of unbranched alkanes of at least 4 members (excludes halogenated alkanes) is 18. The molecule has 0 radical (unpaired) electrons. The monoisotopic (exact) mass is 355 g/mol. The fraction of sp³-hybridized carbons (Fsp3) is 1.00. The Labute approximate surface area is 159 Å². The summed E-state index contributed by atoms with van der Waals surface area (Å²) in [7, 11) is 0. The lowest BCUT2D eigenvalue weighted by molar-refractivity contribution is 0.156. The van der Waals surface area contributed by atoms with Crippen LogP contribution in [0.4, 0.5) is 0 Å². The molecule has 0 aliphatic carbocycles. The molecule has 0 heterocycles. The van der Waals surface area contributed by atoms with Gasteiger partial charge in [-0.1, -0.05) is 122 Å². The molecule has 0 aromatic carbocycles. The lowest BCUT2D eigenvalue weighted by Crippen LogP contribution is -2.26. The first kappa shape index (κ1) is 24.9. The van der Waals surface area contributed by atoms with Crippen molar-refractivity contribution in [3.05, 3.63) is 0 Å². The molecule has 1 unspecified atom stereocenters. The van der Waals surface area contributed by atoms with Gasteiger partial charge in [0, 0.05) is 0 Å². The number of aliphatic hydroxyl groups excluding tert-OH is 1. The van der Waals surface area contributed by atoms with Crippen LogP contribution in [-0.4, -0.2) is 17.9 Å². The number of aliphatic hydroxyl groups is 1. The van der Waals surface area contributed by atoms with E-state index < -0.39 is 0 Å². The second kappa shape index (κ2) is 22.0. The SMILES string of the molecule is CCCCCCCCCCCCCCCCCCCCCNC(C)O. The quantitative estimate of drug-likeness (QED) is 0.167. The summed E-state index contributed by atoms with van der Waals surface area (Å²) in [5.41, 5.74) is 0. The summed E-state index contributed by atoms with van der Waals surface area (Å²) < 4.78 is 0. The first-order valence-electron chi connectivity index (χ1n) is 11.7. The topological polar surface area (TPSA) is 32.3 Å². The van der Waals surface area contributed by atoms with Crippen molar-refractivity contribution < 1.29 is 5.11 Å². The summed E-state index contributed by atoms with van der Waals surface area (Å²) in [5, 5.41) is 12.2. The molecule has 0 aliphatic heterocycles. The smallest absolute Gasteiger partial charge is 0.102 e. The molecule has 2 nitrogen and oxygen atoms in total. The third kappa shape index (κ3) is 23.9.